The molecule has 0 spiro atoms. The van der Waals surface area contributed by atoms with Gasteiger partial charge in [0, 0.05) is 13.6 Å². The molecule has 0 N–H and O–H groups in total. The molecule has 0 saturated carbocycles. The lowest BCUT2D eigenvalue weighted by Crippen LogP contribution is -2.28. The monoisotopic (exact) mass is 271 g/mol. The van der Waals surface area contributed by atoms with Crippen LogP contribution in [-0.4, -0.2) is 43.7 Å². The van der Waals surface area contributed by atoms with Gasteiger partial charge in [0.1, 0.15) is 5.76 Å². The van der Waals surface area contributed by atoms with E-state index in [1.54, 1.807) is 30.9 Å². The standard InChI is InChI=1S/C12H17NO4S/c1-13(7-6-11(14)16-2)12(15)10-5-4-9(17-10)8-18-3/h4-5H,6-8H2,1-3H3. The predicted octanol–water partition coefficient (Wildman–Crippen LogP) is 1.78. The topological polar surface area (TPSA) is 59.8 Å². The molecule has 0 radical (unpaired) electrons. The molecule has 0 aliphatic rings. The van der Waals surface area contributed by atoms with E-state index < -0.39 is 0 Å². The van der Waals surface area contributed by atoms with Crippen LogP contribution in [0.1, 0.15) is 22.7 Å². The number of rotatable bonds is 6. The Labute approximate surface area is 110 Å². The van der Waals surface area contributed by atoms with Gasteiger partial charge in [-0.3, -0.25) is 9.59 Å². The van der Waals surface area contributed by atoms with Crippen molar-refractivity contribution in [2.45, 2.75) is 12.2 Å². The fraction of sp³-hybridized carbons (Fsp3) is 0.500. The van der Waals surface area contributed by atoms with Gasteiger partial charge in [-0.25, -0.2) is 0 Å². The number of esters is 1. The first kappa shape index (κ1) is 14.6. The van der Waals surface area contributed by atoms with Gasteiger partial charge in [0.25, 0.3) is 5.91 Å². The Morgan fingerprint density at radius 1 is 1.44 bits per heavy atom. The van der Waals surface area contributed by atoms with Crippen LogP contribution >= 0.6 is 11.8 Å². The predicted molar refractivity (Wildman–Crippen MR) is 69.5 cm³/mol. The van der Waals surface area contributed by atoms with Crippen LogP contribution in [0.3, 0.4) is 0 Å². The van der Waals surface area contributed by atoms with Gasteiger partial charge in [-0.05, 0) is 18.4 Å². The number of hydrogen-bond acceptors (Lipinski definition) is 5. The zero-order valence-corrected chi connectivity index (χ0v) is 11.6. The lowest BCUT2D eigenvalue weighted by atomic mass is 10.3. The normalized spacial score (nSPS) is 10.2. The first-order valence-corrected chi connectivity index (χ1v) is 6.87. The zero-order chi connectivity index (χ0) is 13.5. The molecule has 1 aromatic heterocycles. The molecule has 1 rings (SSSR count). The molecule has 0 bridgehead atoms. The highest BCUT2D eigenvalue weighted by molar-refractivity contribution is 7.97. The Hall–Kier alpha value is -1.43. The lowest BCUT2D eigenvalue weighted by molar-refractivity contribution is -0.140. The minimum atomic E-state index is -0.336. The summed E-state index contributed by atoms with van der Waals surface area (Å²) in [7, 11) is 2.95. The maximum Gasteiger partial charge on any atom is 0.307 e. The average molecular weight is 271 g/mol. The summed E-state index contributed by atoms with van der Waals surface area (Å²) in [4.78, 5) is 24.4. The van der Waals surface area contributed by atoms with Crippen molar-refractivity contribution in [1.29, 1.82) is 0 Å². The SMILES string of the molecule is COC(=O)CCN(C)C(=O)c1ccc(CSC)o1. The van der Waals surface area contributed by atoms with Crippen molar-refractivity contribution in [1.82, 2.24) is 4.90 Å². The van der Waals surface area contributed by atoms with Gasteiger partial charge < -0.3 is 14.1 Å². The van der Waals surface area contributed by atoms with Crippen LogP contribution in [0.2, 0.25) is 0 Å². The van der Waals surface area contributed by atoms with E-state index in [0.717, 1.165) is 11.5 Å². The second-order valence-electron chi connectivity index (χ2n) is 3.75. The molecule has 0 aliphatic heterocycles. The molecule has 0 aliphatic carbocycles. The molecular weight excluding hydrogens is 254 g/mol. The van der Waals surface area contributed by atoms with E-state index in [-0.39, 0.29) is 18.3 Å². The molecule has 5 nitrogen and oxygen atoms in total. The first-order valence-electron chi connectivity index (χ1n) is 5.48. The quantitative estimate of drug-likeness (QED) is 0.738. The first-order chi connectivity index (χ1) is 8.58. The Bertz CT molecular complexity index is 416. The molecule has 0 unspecified atom stereocenters. The molecular formula is C12H17NO4S. The van der Waals surface area contributed by atoms with Crippen LogP contribution < -0.4 is 0 Å². The number of thioether (sulfide) groups is 1. The smallest absolute Gasteiger partial charge is 0.307 e. The molecule has 1 amide bonds. The molecule has 0 saturated heterocycles. The third-order valence-corrected chi connectivity index (χ3v) is 2.96. The highest BCUT2D eigenvalue weighted by atomic mass is 32.2. The molecule has 0 fully saturated rings. The van der Waals surface area contributed by atoms with E-state index in [2.05, 4.69) is 4.74 Å². The van der Waals surface area contributed by atoms with Gasteiger partial charge in [0.05, 0.1) is 19.3 Å². The van der Waals surface area contributed by atoms with Crippen LogP contribution in [0.15, 0.2) is 16.5 Å². The van der Waals surface area contributed by atoms with E-state index >= 15 is 0 Å². The maximum atomic E-state index is 11.9. The summed E-state index contributed by atoms with van der Waals surface area (Å²) in [5.74, 6) is 1.24. The van der Waals surface area contributed by atoms with Crippen LogP contribution in [0.25, 0.3) is 0 Å². The summed E-state index contributed by atoms with van der Waals surface area (Å²) in [6.45, 7) is 0.310. The molecule has 100 valence electrons. The van der Waals surface area contributed by atoms with E-state index in [1.807, 2.05) is 6.26 Å². The highest BCUT2D eigenvalue weighted by Crippen LogP contribution is 2.14. The van der Waals surface area contributed by atoms with Crippen LogP contribution in [0, 0.1) is 0 Å². The zero-order valence-electron chi connectivity index (χ0n) is 10.8. The maximum absolute atomic E-state index is 11.9. The number of methoxy groups -OCH3 is 1. The van der Waals surface area contributed by atoms with Crippen molar-refractivity contribution in [3.8, 4) is 0 Å². The number of nitrogens with zero attached hydrogens (tertiary/aromatic N) is 1. The van der Waals surface area contributed by atoms with E-state index in [9.17, 15) is 9.59 Å². The number of hydrogen-bond donors (Lipinski definition) is 0. The highest BCUT2D eigenvalue weighted by Gasteiger charge is 2.16. The van der Waals surface area contributed by atoms with Gasteiger partial charge in [-0.2, -0.15) is 11.8 Å². The van der Waals surface area contributed by atoms with Crippen molar-refractivity contribution in [2.24, 2.45) is 0 Å². The van der Waals surface area contributed by atoms with Crippen molar-refractivity contribution in [3.63, 3.8) is 0 Å². The van der Waals surface area contributed by atoms with Crippen molar-refractivity contribution in [2.75, 3.05) is 27.0 Å². The summed E-state index contributed by atoms with van der Waals surface area (Å²) in [6.07, 6.45) is 2.14. The summed E-state index contributed by atoms with van der Waals surface area (Å²) in [5, 5.41) is 0. The molecule has 0 atom stereocenters. The second-order valence-corrected chi connectivity index (χ2v) is 4.62. The van der Waals surface area contributed by atoms with E-state index in [4.69, 9.17) is 4.42 Å². The van der Waals surface area contributed by atoms with Gasteiger partial charge >= 0.3 is 5.97 Å². The third-order valence-electron chi connectivity index (χ3n) is 2.38. The van der Waals surface area contributed by atoms with Gasteiger partial charge in [0.2, 0.25) is 0 Å². The summed E-state index contributed by atoms with van der Waals surface area (Å²) < 4.78 is 9.93. The fourth-order valence-corrected chi connectivity index (χ4v) is 1.80. The molecule has 0 aromatic carbocycles. The number of ether oxygens (including phenoxy) is 1. The largest absolute Gasteiger partial charge is 0.469 e. The second kappa shape index (κ2) is 7.10. The minimum absolute atomic E-state index is 0.178. The summed E-state index contributed by atoms with van der Waals surface area (Å²) in [5.41, 5.74) is 0. The fourth-order valence-electron chi connectivity index (χ4n) is 1.36. The molecule has 6 heteroatoms. The number of amides is 1. The van der Waals surface area contributed by atoms with Crippen molar-refractivity contribution < 1.29 is 18.7 Å². The van der Waals surface area contributed by atoms with E-state index in [1.165, 1.54) is 12.0 Å². The van der Waals surface area contributed by atoms with Gasteiger partial charge in [-0.15, -0.1) is 0 Å². The Morgan fingerprint density at radius 3 is 2.78 bits per heavy atom. The van der Waals surface area contributed by atoms with Crippen LogP contribution in [-0.2, 0) is 15.3 Å². The Morgan fingerprint density at radius 2 is 2.17 bits per heavy atom. The van der Waals surface area contributed by atoms with Gasteiger partial charge in [0.15, 0.2) is 5.76 Å². The molecule has 18 heavy (non-hydrogen) atoms. The van der Waals surface area contributed by atoms with Crippen molar-refractivity contribution in [3.05, 3.63) is 23.7 Å². The van der Waals surface area contributed by atoms with Gasteiger partial charge in [-0.1, -0.05) is 0 Å². The Kier molecular flexibility index (Phi) is 5.77. The van der Waals surface area contributed by atoms with Crippen LogP contribution in [0.4, 0.5) is 0 Å². The number of carbonyl (C=O) groups excluding carboxylic acids is 2. The molecule has 1 heterocycles. The molecule has 1 aromatic rings. The number of carbonyl (C=O) groups is 2. The average Bonchev–Trinajstić information content (AvgIpc) is 2.83. The van der Waals surface area contributed by atoms with Crippen molar-refractivity contribution >= 4 is 23.6 Å². The minimum Gasteiger partial charge on any atom is -0.469 e. The third kappa shape index (κ3) is 4.10. The summed E-state index contributed by atoms with van der Waals surface area (Å²) in [6, 6.07) is 3.44. The van der Waals surface area contributed by atoms with Crippen LogP contribution in [0.5, 0.6) is 0 Å². The number of furan rings is 1. The van der Waals surface area contributed by atoms with E-state index in [0.29, 0.717) is 12.3 Å². The lowest BCUT2D eigenvalue weighted by Gasteiger charge is -2.14. The summed E-state index contributed by atoms with van der Waals surface area (Å²) >= 11 is 1.63. The Balaban J connectivity index is 2.54.